The zero-order valence-electron chi connectivity index (χ0n) is 16.5. The van der Waals surface area contributed by atoms with Gasteiger partial charge in [0, 0.05) is 53.6 Å². The van der Waals surface area contributed by atoms with E-state index in [1.54, 1.807) is 6.07 Å². The van der Waals surface area contributed by atoms with Gasteiger partial charge in [0.05, 0.1) is 0 Å². The van der Waals surface area contributed by atoms with Crippen molar-refractivity contribution in [1.82, 2.24) is 4.90 Å². The van der Waals surface area contributed by atoms with Crippen LogP contribution in [0, 0.1) is 0 Å². The average Bonchev–Trinajstić information content (AvgIpc) is 2.74. The normalized spacial score (nSPS) is 16.6. The molecule has 29 heavy (non-hydrogen) atoms. The highest BCUT2D eigenvalue weighted by atomic mass is 16.4. The van der Waals surface area contributed by atoms with E-state index >= 15 is 0 Å². The van der Waals surface area contributed by atoms with Crippen LogP contribution in [0.25, 0.3) is 10.8 Å². The maximum atomic E-state index is 13.1. The number of carbonyl (C=O) groups excluding carboxylic acids is 2. The maximum Gasteiger partial charge on any atom is 0.303 e. The molecule has 0 bridgehead atoms. The summed E-state index contributed by atoms with van der Waals surface area (Å²) in [4.78, 5) is 40.4. The molecule has 2 heterocycles. The molecule has 0 spiro atoms. The fraction of sp³-hybridized carbons (Fsp3) is 0.435. The van der Waals surface area contributed by atoms with Crippen LogP contribution in [0.2, 0.25) is 0 Å². The Balaban J connectivity index is 1.61. The molecule has 0 radical (unpaired) electrons. The van der Waals surface area contributed by atoms with Crippen LogP contribution < -0.4 is 4.90 Å². The number of aliphatic carboxylic acids is 1. The van der Waals surface area contributed by atoms with Crippen LogP contribution in [-0.4, -0.2) is 47.4 Å². The smallest absolute Gasteiger partial charge is 0.303 e. The molecular weight excluding hydrogens is 368 g/mol. The van der Waals surface area contributed by atoms with Crippen molar-refractivity contribution in [2.75, 3.05) is 24.5 Å². The molecule has 0 saturated carbocycles. The number of nitrogens with zero attached hydrogens (tertiary/aromatic N) is 2. The Morgan fingerprint density at radius 2 is 1.62 bits per heavy atom. The van der Waals surface area contributed by atoms with Crippen LogP contribution in [0.1, 0.15) is 65.7 Å². The molecule has 1 saturated heterocycles. The summed E-state index contributed by atoms with van der Waals surface area (Å²) < 4.78 is 0. The van der Waals surface area contributed by atoms with E-state index in [9.17, 15) is 14.4 Å². The van der Waals surface area contributed by atoms with E-state index < -0.39 is 5.97 Å². The first-order chi connectivity index (χ1) is 14.1. The number of hydrogen-bond donors (Lipinski definition) is 1. The third kappa shape index (κ3) is 3.71. The second-order valence-corrected chi connectivity index (χ2v) is 7.87. The molecule has 152 valence electrons. The minimum Gasteiger partial charge on any atom is -0.481 e. The van der Waals surface area contributed by atoms with Crippen molar-refractivity contribution >= 4 is 34.2 Å². The van der Waals surface area contributed by atoms with Crippen LogP contribution >= 0.6 is 0 Å². The van der Waals surface area contributed by atoms with E-state index in [2.05, 4.69) is 4.90 Å². The lowest BCUT2D eigenvalue weighted by Crippen LogP contribution is -2.41. The van der Waals surface area contributed by atoms with Gasteiger partial charge >= 0.3 is 5.97 Å². The molecule has 4 rings (SSSR count). The molecule has 0 aromatic heterocycles. The summed E-state index contributed by atoms with van der Waals surface area (Å²) in [6, 6.07) is 9.59. The van der Waals surface area contributed by atoms with E-state index in [4.69, 9.17) is 5.11 Å². The number of piperidine rings is 1. The zero-order valence-corrected chi connectivity index (χ0v) is 16.5. The van der Waals surface area contributed by atoms with Crippen molar-refractivity contribution in [2.24, 2.45) is 0 Å². The number of rotatable bonds is 7. The van der Waals surface area contributed by atoms with Crippen molar-refractivity contribution < 1.29 is 19.5 Å². The molecule has 0 aliphatic carbocycles. The van der Waals surface area contributed by atoms with Crippen LogP contribution in [0.3, 0.4) is 0 Å². The van der Waals surface area contributed by atoms with Gasteiger partial charge in [-0.2, -0.15) is 0 Å². The number of carboxylic acid groups (broad SMARTS) is 1. The lowest BCUT2D eigenvalue weighted by atomic mass is 9.92. The number of amides is 2. The monoisotopic (exact) mass is 394 g/mol. The molecule has 2 amide bonds. The highest BCUT2D eigenvalue weighted by molar-refractivity contribution is 6.26. The standard InChI is InChI=1S/C23H26N2O4/c26-20(27)10-3-1-6-15-25-22(28)17-9-7-8-16-19(24-13-4-2-5-14-24)12-11-18(21(16)17)23(25)29/h7-9,11-12H,1-6,10,13-15H2,(H,26,27). The molecule has 1 N–H and O–H groups in total. The molecule has 2 aromatic carbocycles. The molecule has 6 heteroatoms. The molecule has 2 aliphatic rings. The summed E-state index contributed by atoms with van der Waals surface area (Å²) >= 11 is 0. The Kier molecular flexibility index (Phi) is 5.51. The Labute approximate surface area is 170 Å². The number of anilines is 1. The minimum absolute atomic E-state index is 0.114. The van der Waals surface area contributed by atoms with Crippen molar-refractivity contribution in [1.29, 1.82) is 0 Å². The third-order valence-electron chi connectivity index (χ3n) is 5.94. The largest absolute Gasteiger partial charge is 0.481 e. The minimum atomic E-state index is -0.819. The summed E-state index contributed by atoms with van der Waals surface area (Å²) in [6.07, 6.45) is 5.53. The van der Waals surface area contributed by atoms with Gasteiger partial charge in [-0.1, -0.05) is 18.6 Å². The van der Waals surface area contributed by atoms with Gasteiger partial charge in [-0.3, -0.25) is 19.3 Å². The quantitative estimate of drug-likeness (QED) is 0.566. The fourth-order valence-electron chi connectivity index (χ4n) is 4.47. The second kappa shape index (κ2) is 8.23. The summed E-state index contributed by atoms with van der Waals surface area (Å²) in [5.74, 6) is -1.32. The predicted octanol–water partition coefficient (Wildman–Crippen LogP) is 4.07. The maximum absolute atomic E-state index is 13.1. The molecular formula is C23H26N2O4. The van der Waals surface area contributed by atoms with E-state index in [0.29, 0.717) is 36.9 Å². The number of hydrogen-bond acceptors (Lipinski definition) is 4. The molecule has 1 fully saturated rings. The topological polar surface area (TPSA) is 77.9 Å². The van der Waals surface area contributed by atoms with Gasteiger partial charge in [-0.25, -0.2) is 0 Å². The van der Waals surface area contributed by atoms with Crippen molar-refractivity contribution in [3.8, 4) is 0 Å². The number of benzene rings is 2. The van der Waals surface area contributed by atoms with Crippen molar-refractivity contribution in [3.63, 3.8) is 0 Å². The molecule has 2 aliphatic heterocycles. The number of carboxylic acids is 1. The average molecular weight is 394 g/mol. The van der Waals surface area contributed by atoms with Crippen molar-refractivity contribution in [3.05, 3.63) is 41.5 Å². The van der Waals surface area contributed by atoms with E-state index in [0.717, 1.165) is 42.4 Å². The Bertz CT molecular complexity index is 940. The number of imide groups is 1. The number of carbonyl (C=O) groups is 3. The molecule has 0 atom stereocenters. The SMILES string of the molecule is O=C(O)CCCCCN1C(=O)c2cccc3c(N4CCCCC4)ccc(c23)C1=O. The van der Waals surface area contributed by atoms with Gasteiger partial charge in [-0.05, 0) is 50.3 Å². The summed E-state index contributed by atoms with van der Waals surface area (Å²) in [6.45, 7) is 2.33. The number of unbranched alkanes of at least 4 members (excludes halogenated alkanes) is 2. The Morgan fingerprint density at radius 3 is 2.34 bits per heavy atom. The third-order valence-corrected chi connectivity index (χ3v) is 5.94. The fourth-order valence-corrected chi connectivity index (χ4v) is 4.47. The lowest BCUT2D eigenvalue weighted by molar-refractivity contribution is -0.137. The molecule has 0 unspecified atom stereocenters. The highest BCUT2D eigenvalue weighted by Gasteiger charge is 2.33. The first-order valence-electron chi connectivity index (χ1n) is 10.5. The van der Waals surface area contributed by atoms with E-state index in [1.165, 1.54) is 11.3 Å². The van der Waals surface area contributed by atoms with Gasteiger partial charge in [0.1, 0.15) is 0 Å². The highest BCUT2D eigenvalue weighted by Crippen LogP contribution is 2.36. The van der Waals surface area contributed by atoms with Gasteiger partial charge < -0.3 is 10.0 Å². The summed E-state index contributed by atoms with van der Waals surface area (Å²) in [5, 5.41) is 10.5. The Morgan fingerprint density at radius 1 is 0.897 bits per heavy atom. The van der Waals surface area contributed by atoms with E-state index in [1.807, 2.05) is 24.3 Å². The molecule has 6 nitrogen and oxygen atoms in total. The van der Waals surface area contributed by atoms with Gasteiger partial charge in [0.15, 0.2) is 0 Å². The lowest BCUT2D eigenvalue weighted by Gasteiger charge is -2.32. The van der Waals surface area contributed by atoms with Crippen molar-refractivity contribution in [2.45, 2.75) is 44.9 Å². The van der Waals surface area contributed by atoms with Crippen LogP contribution in [0.4, 0.5) is 5.69 Å². The summed E-state index contributed by atoms with van der Waals surface area (Å²) in [5.41, 5.74) is 2.27. The zero-order chi connectivity index (χ0) is 20.4. The van der Waals surface area contributed by atoms with Crippen LogP contribution in [0.15, 0.2) is 30.3 Å². The molecule has 2 aromatic rings. The predicted molar refractivity (Wildman–Crippen MR) is 111 cm³/mol. The first-order valence-corrected chi connectivity index (χ1v) is 10.5. The first kappa shape index (κ1) is 19.4. The van der Waals surface area contributed by atoms with Gasteiger partial charge in [0.2, 0.25) is 0 Å². The Hall–Kier alpha value is -2.89. The second-order valence-electron chi connectivity index (χ2n) is 7.87. The van der Waals surface area contributed by atoms with Gasteiger partial charge in [-0.15, -0.1) is 0 Å². The van der Waals surface area contributed by atoms with Crippen LogP contribution in [0.5, 0.6) is 0 Å². The van der Waals surface area contributed by atoms with Crippen LogP contribution in [-0.2, 0) is 4.79 Å². The summed E-state index contributed by atoms with van der Waals surface area (Å²) in [7, 11) is 0. The van der Waals surface area contributed by atoms with Gasteiger partial charge in [0.25, 0.3) is 11.8 Å². The van der Waals surface area contributed by atoms with E-state index in [-0.39, 0.29) is 18.2 Å².